The third-order valence-corrected chi connectivity index (χ3v) is 3.94. The lowest BCUT2D eigenvalue weighted by molar-refractivity contribution is -0.136. The molecule has 1 heterocycles. The van der Waals surface area contributed by atoms with Crippen LogP contribution in [0.5, 0.6) is 5.75 Å². The molecule has 0 unspecified atom stereocenters. The molecule has 0 aliphatic carbocycles. The van der Waals surface area contributed by atoms with Crippen LogP contribution in [-0.2, 0) is 24.1 Å². The lowest BCUT2D eigenvalue weighted by atomic mass is 10.1. The van der Waals surface area contributed by atoms with Crippen molar-refractivity contribution in [2.24, 2.45) is 0 Å². The third-order valence-electron chi connectivity index (χ3n) is 2.98. The molecular formula is C16H19NO3S. The Morgan fingerprint density at radius 1 is 1.29 bits per heavy atom. The molecule has 0 saturated carbocycles. The number of rotatable bonds is 8. The van der Waals surface area contributed by atoms with Crippen molar-refractivity contribution in [3.05, 3.63) is 45.9 Å². The van der Waals surface area contributed by atoms with Gasteiger partial charge in [-0.2, -0.15) is 0 Å². The van der Waals surface area contributed by atoms with Crippen LogP contribution in [0.25, 0.3) is 0 Å². The van der Waals surface area contributed by atoms with Gasteiger partial charge < -0.3 is 9.84 Å². The van der Waals surface area contributed by atoms with Gasteiger partial charge in [0.05, 0.1) is 23.7 Å². The average Bonchev–Trinajstić information content (AvgIpc) is 2.88. The van der Waals surface area contributed by atoms with Crippen LogP contribution < -0.4 is 4.74 Å². The summed E-state index contributed by atoms with van der Waals surface area (Å²) in [5, 5.41) is 11.4. The summed E-state index contributed by atoms with van der Waals surface area (Å²) in [4.78, 5) is 14.9. The summed E-state index contributed by atoms with van der Waals surface area (Å²) in [7, 11) is 0. The number of nitrogens with zero attached hydrogens (tertiary/aromatic N) is 1. The lowest BCUT2D eigenvalue weighted by Gasteiger charge is -2.06. The zero-order valence-electron chi connectivity index (χ0n) is 12.0. The van der Waals surface area contributed by atoms with Crippen molar-refractivity contribution in [3.63, 3.8) is 0 Å². The van der Waals surface area contributed by atoms with Gasteiger partial charge >= 0.3 is 5.97 Å². The highest BCUT2D eigenvalue weighted by Gasteiger charge is 2.06. The first kappa shape index (κ1) is 15.5. The number of benzene rings is 1. The molecule has 5 heteroatoms. The van der Waals surface area contributed by atoms with Crippen molar-refractivity contribution >= 4 is 17.3 Å². The summed E-state index contributed by atoms with van der Waals surface area (Å²) in [6.07, 6.45) is 2.91. The van der Waals surface area contributed by atoms with Crippen LogP contribution >= 0.6 is 11.3 Å². The van der Waals surface area contributed by atoms with Gasteiger partial charge in [-0.05, 0) is 24.1 Å². The highest BCUT2D eigenvalue weighted by atomic mass is 32.1. The SMILES string of the molecule is CCCc1ccc(OCCc2nc(CC(=O)O)cs2)cc1. The molecular weight excluding hydrogens is 286 g/mol. The van der Waals surface area contributed by atoms with Crippen LogP contribution in [0.15, 0.2) is 29.6 Å². The van der Waals surface area contributed by atoms with E-state index in [0.29, 0.717) is 18.7 Å². The minimum Gasteiger partial charge on any atom is -0.493 e. The van der Waals surface area contributed by atoms with Crippen LogP contribution in [0, 0.1) is 0 Å². The van der Waals surface area contributed by atoms with E-state index in [1.165, 1.54) is 16.9 Å². The van der Waals surface area contributed by atoms with E-state index in [2.05, 4.69) is 24.0 Å². The normalized spacial score (nSPS) is 10.5. The molecule has 0 amide bonds. The molecule has 2 rings (SSSR count). The van der Waals surface area contributed by atoms with Crippen molar-refractivity contribution in [3.8, 4) is 5.75 Å². The predicted molar refractivity (Wildman–Crippen MR) is 83.1 cm³/mol. The Morgan fingerprint density at radius 2 is 2.05 bits per heavy atom. The van der Waals surface area contributed by atoms with E-state index < -0.39 is 5.97 Å². The molecule has 0 radical (unpaired) electrons. The molecule has 2 aromatic rings. The summed E-state index contributed by atoms with van der Waals surface area (Å²) in [6, 6.07) is 8.16. The van der Waals surface area contributed by atoms with Crippen molar-refractivity contribution in [1.82, 2.24) is 4.98 Å². The number of aromatic nitrogens is 1. The number of carboxylic acids is 1. The van der Waals surface area contributed by atoms with E-state index in [9.17, 15) is 4.79 Å². The van der Waals surface area contributed by atoms with E-state index in [4.69, 9.17) is 9.84 Å². The second-order valence-electron chi connectivity index (χ2n) is 4.80. The third kappa shape index (κ3) is 5.19. The second kappa shape index (κ2) is 7.78. The average molecular weight is 305 g/mol. The number of ether oxygens (including phenoxy) is 1. The maximum absolute atomic E-state index is 10.6. The van der Waals surface area contributed by atoms with Crippen LogP contribution in [0.2, 0.25) is 0 Å². The summed E-state index contributed by atoms with van der Waals surface area (Å²) in [5.74, 6) is 0.00689. The lowest BCUT2D eigenvalue weighted by Crippen LogP contribution is -2.03. The number of hydrogen-bond acceptors (Lipinski definition) is 4. The molecule has 0 fully saturated rings. The van der Waals surface area contributed by atoms with Crippen molar-refractivity contribution in [1.29, 1.82) is 0 Å². The summed E-state index contributed by atoms with van der Waals surface area (Å²) < 4.78 is 5.68. The summed E-state index contributed by atoms with van der Waals surface area (Å²) in [6.45, 7) is 2.71. The van der Waals surface area contributed by atoms with Gasteiger partial charge in [0, 0.05) is 11.8 Å². The Bertz CT molecular complexity index is 577. The van der Waals surface area contributed by atoms with E-state index in [-0.39, 0.29) is 6.42 Å². The summed E-state index contributed by atoms with van der Waals surface area (Å²) >= 11 is 1.48. The molecule has 0 aliphatic rings. The van der Waals surface area contributed by atoms with Gasteiger partial charge in [0.25, 0.3) is 0 Å². The standard InChI is InChI=1S/C16H19NO3S/c1-2-3-12-4-6-14(7-5-12)20-9-8-15-17-13(11-21-15)10-16(18)19/h4-7,11H,2-3,8-10H2,1H3,(H,18,19). The Morgan fingerprint density at radius 3 is 2.71 bits per heavy atom. The van der Waals surface area contributed by atoms with Crippen molar-refractivity contribution < 1.29 is 14.6 Å². The smallest absolute Gasteiger partial charge is 0.309 e. The fourth-order valence-electron chi connectivity index (χ4n) is 2.00. The minimum atomic E-state index is -0.852. The number of carboxylic acid groups (broad SMARTS) is 1. The maximum Gasteiger partial charge on any atom is 0.309 e. The number of thiazole rings is 1. The van der Waals surface area contributed by atoms with Crippen LogP contribution in [0.1, 0.15) is 29.6 Å². The predicted octanol–water partition coefficient (Wildman–Crippen LogP) is 3.34. The van der Waals surface area contributed by atoms with E-state index >= 15 is 0 Å². The van der Waals surface area contributed by atoms with Gasteiger partial charge in [-0.3, -0.25) is 4.79 Å². The van der Waals surface area contributed by atoms with Crippen molar-refractivity contribution in [2.75, 3.05) is 6.61 Å². The maximum atomic E-state index is 10.6. The van der Waals surface area contributed by atoms with Gasteiger partial charge in [-0.25, -0.2) is 4.98 Å². The number of aryl methyl sites for hydroxylation is 1. The molecule has 1 aromatic carbocycles. The topological polar surface area (TPSA) is 59.4 Å². The largest absolute Gasteiger partial charge is 0.493 e. The van der Waals surface area contributed by atoms with Crippen molar-refractivity contribution in [2.45, 2.75) is 32.6 Å². The van der Waals surface area contributed by atoms with Crippen LogP contribution in [-0.4, -0.2) is 22.7 Å². The van der Waals surface area contributed by atoms with E-state index in [0.717, 1.165) is 23.6 Å². The van der Waals surface area contributed by atoms with Crippen LogP contribution in [0.4, 0.5) is 0 Å². The fraction of sp³-hybridized carbons (Fsp3) is 0.375. The fourth-order valence-corrected chi connectivity index (χ4v) is 2.78. The van der Waals surface area contributed by atoms with Gasteiger partial charge in [-0.15, -0.1) is 11.3 Å². The number of carbonyl (C=O) groups is 1. The molecule has 0 atom stereocenters. The first-order valence-corrected chi connectivity index (χ1v) is 7.92. The zero-order valence-corrected chi connectivity index (χ0v) is 12.9. The minimum absolute atomic E-state index is 0.0176. The quantitative estimate of drug-likeness (QED) is 0.812. The summed E-state index contributed by atoms with van der Waals surface area (Å²) in [5.41, 5.74) is 1.94. The Kier molecular flexibility index (Phi) is 5.75. The monoisotopic (exact) mass is 305 g/mol. The molecule has 0 bridgehead atoms. The van der Waals surface area contributed by atoms with E-state index in [1.807, 2.05) is 12.1 Å². The first-order valence-electron chi connectivity index (χ1n) is 7.04. The van der Waals surface area contributed by atoms with Gasteiger partial charge in [0.15, 0.2) is 0 Å². The van der Waals surface area contributed by atoms with Gasteiger partial charge in [0.2, 0.25) is 0 Å². The highest BCUT2D eigenvalue weighted by Crippen LogP contribution is 2.15. The molecule has 4 nitrogen and oxygen atoms in total. The first-order chi connectivity index (χ1) is 10.2. The Hall–Kier alpha value is -1.88. The molecule has 1 aromatic heterocycles. The highest BCUT2D eigenvalue weighted by molar-refractivity contribution is 7.09. The number of aliphatic carboxylic acids is 1. The molecule has 0 saturated heterocycles. The zero-order chi connectivity index (χ0) is 15.1. The molecule has 0 aliphatic heterocycles. The second-order valence-corrected chi connectivity index (χ2v) is 5.74. The van der Waals surface area contributed by atoms with E-state index in [1.54, 1.807) is 5.38 Å². The van der Waals surface area contributed by atoms with Gasteiger partial charge in [0.1, 0.15) is 5.75 Å². The molecule has 112 valence electrons. The van der Waals surface area contributed by atoms with Gasteiger partial charge in [-0.1, -0.05) is 25.5 Å². The number of hydrogen-bond donors (Lipinski definition) is 1. The Labute approximate surface area is 128 Å². The molecule has 1 N–H and O–H groups in total. The Balaban J connectivity index is 1.78. The molecule has 0 spiro atoms. The molecule has 21 heavy (non-hydrogen) atoms. The van der Waals surface area contributed by atoms with Crippen LogP contribution in [0.3, 0.4) is 0 Å².